The molecular weight excluding hydrogens is 520 g/mol. The van der Waals surface area contributed by atoms with E-state index in [1.54, 1.807) is 74.1 Å². The predicted molar refractivity (Wildman–Crippen MR) is 148 cm³/mol. The summed E-state index contributed by atoms with van der Waals surface area (Å²) in [5.41, 5.74) is 0.823. The fraction of sp³-hybridized carbons (Fsp3) is 0.179. The summed E-state index contributed by atoms with van der Waals surface area (Å²) in [5, 5.41) is 2.64. The van der Waals surface area contributed by atoms with Crippen LogP contribution in [0.3, 0.4) is 0 Å². The number of hydrogen-bond acceptors (Lipinski definition) is 6. The molecule has 39 heavy (non-hydrogen) atoms. The van der Waals surface area contributed by atoms with Crippen LogP contribution in [-0.4, -0.2) is 42.8 Å². The molecule has 0 radical (unpaired) electrons. The van der Waals surface area contributed by atoms with Crippen LogP contribution < -0.4 is 15.2 Å². The van der Waals surface area contributed by atoms with Crippen molar-refractivity contribution in [3.8, 4) is 5.69 Å². The molecule has 0 unspecified atom stereocenters. The van der Waals surface area contributed by atoms with Gasteiger partial charge < -0.3 is 10.1 Å². The number of ether oxygens (including phenoxy) is 1. The van der Waals surface area contributed by atoms with E-state index in [1.165, 1.54) is 41.1 Å². The molecule has 1 amide bonds. The second-order valence-electron chi connectivity index (χ2n) is 8.58. The number of hydrogen-bond donors (Lipinski definition) is 1. The highest BCUT2D eigenvalue weighted by molar-refractivity contribution is 7.92. The van der Waals surface area contributed by atoms with Gasteiger partial charge in [0.05, 0.1) is 28.4 Å². The van der Waals surface area contributed by atoms with Gasteiger partial charge in [-0.2, -0.15) is 0 Å². The third-order valence-electron chi connectivity index (χ3n) is 6.07. The van der Waals surface area contributed by atoms with Gasteiger partial charge in [0.2, 0.25) is 5.91 Å². The lowest BCUT2D eigenvalue weighted by Gasteiger charge is -2.23. The molecule has 0 aliphatic carbocycles. The smallest absolute Gasteiger partial charge is 0.338 e. The molecule has 10 nitrogen and oxygen atoms in total. The molecule has 0 aliphatic heterocycles. The van der Waals surface area contributed by atoms with Gasteiger partial charge in [-0.25, -0.2) is 22.2 Å². The third-order valence-corrected chi connectivity index (χ3v) is 7.83. The SMILES string of the molecule is CCOC(=O)c1ccc(NC(=O)CN(c2c(C)n(C)n(-c3ccccc3)c2=O)S(=O)(=O)c2ccccc2)cc1. The molecule has 1 heterocycles. The lowest BCUT2D eigenvalue weighted by Crippen LogP contribution is -2.41. The fourth-order valence-corrected chi connectivity index (χ4v) is 5.57. The third kappa shape index (κ3) is 5.63. The van der Waals surface area contributed by atoms with Gasteiger partial charge >= 0.3 is 5.97 Å². The minimum atomic E-state index is -4.31. The van der Waals surface area contributed by atoms with Crippen molar-refractivity contribution < 1.29 is 22.7 Å². The van der Waals surface area contributed by atoms with Gasteiger partial charge in [-0.3, -0.25) is 14.3 Å². The van der Waals surface area contributed by atoms with Crippen LogP contribution in [0.4, 0.5) is 11.4 Å². The molecule has 1 aromatic heterocycles. The lowest BCUT2D eigenvalue weighted by atomic mass is 10.2. The van der Waals surface area contributed by atoms with E-state index in [9.17, 15) is 22.8 Å². The number of rotatable bonds is 9. The maximum Gasteiger partial charge on any atom is 0.338 e. The van der Waals surface area contributed by atoms with E-state index in [-0.39, 0.29) is 17.2 Å². The van der Waals surface area contributed by atoms with Crippen molar-refractivity contribution >= 4 is 33.3 Å². The molecule has 0 spiro atoms. The number of amides is 1. The standard InChI is InChI=1S/C28H28N4O6S/c1-4-38-28(35)21-15-17-22(18-16-21)29-25(33)19-31(39(36,37)24-13-9-6-10-14-24)26-20(2)30(3)32(27(26)34)23-11-7-5-8-12-23/h5-18H,4,19H2,1-3H3,(H,29,33). The van der Waals surface area contributed by atoms with E-state index in [0.717, 1.165) is 4.31 Å². The Morgan fingerprint density at radius 1 is 0.923 bits per heavy atom. The number of anilines is 2. The second kappa shape index (κ2) is 11.4. The molecule has 0 bridgehead atoms. The van der Waals surface area contributed by atoms with E-state index in [2.05, 4.69) is 5.32 Å². The van der Waals surface area contributed by atoms with Crippen molar-refractivity contribution in [1.29, 1.82) is 0 Å². The first-order chi connectivity index (χ1) is 18.6. The summed E-state index contributed by atoms with van der Waals surface area (Å²) in [7, 11) is -2.67. The van der Waals surface area contributed by atoms with Crippen molar-refractivity contribution in [2.45, 2.75) is 18.7 Å². The highest BCUT2D eigenvalue weighted by Crippen LogP contribution is 2.25. The Balaban J connectivity index is 1.73. The van der Waals surface area contributed by atoms with Gasteiger partial charge in [0.15, 0.2) is 0 Å². The van der Waals surface area contributed by atoms with Crippen LogP contribution in [0, 0.1) is 6.92 Å². The number of sulfonamides is 1. The Labute approximate surface area is 226 Å². The number of nitrogens with one attached hydrogen (secondary N) is 1. The Morgan fingerprint density at radius 2 is 1.51 bits per heavy atom. The molecule has 0 saturated carbocycles. The number of carbonyl (C=O) groups excluding carboxylic acids is 2. The van der Waals surface area contributed by atoms with Crippen LogP contribution in [0.1, 0.15) is 23.0 Å². The Kier molecular flexibility index (Phi) is 8.01. The van der Waals surface area contributed by atoms with E-state index in [0.29, 0.717) is 22.6 Å². The summed E-state index contributed by atoms with van der Waals surface area (Å²) in [4.78, 5) is 38.7. The average molecular weight is 549 g/mol. The number of aromatic nitrogens is 2. The second-order valence-corrected chi connectivity index (χ2v) is 10.4. The summed E-state index contributed by atoms with van der Waals surface area (Å²) < 4.78 is 36.3. The molecule has 3 aromatic carbocycles. The summed E-state index contributed by atoms with van der Waals surface area (Å²) >= 11 is 0. The number of carbonyl (C=O) groups is 2. The highest BCUT2D eigenvalue weighted by Gasteiger charge is 2.33. The van der Waals surface area contributed by atoms with Gasteiger partial charge in [0.1, 0.15) is 12.2 Å². The molecular formula is C28H28N4O6S. The Bertz CT molecular complexity index is 1640. The van der Waals surface area contributed by atoms with Crippen molar-refractivity contribution in [2.75, 3.05) is 22.8 Å². The molecule has 4 rings (SSSR count). The maximum absolute atomic E-state index is 13.8. The van der Waals surface area contributed by atoms with Crippen molar-refractivity contribution in [3.63, 3.8) is 0 Å². The Hall–Kier alpha value is -4.64. The highest BCUT2D eigenvalue weighted by atomic mass is 32.2. The minimum absolute atomic E-state index is 0.0643. The Morgan fingerprint density at radius 3 is 2.10 bits per heavy atom. The lowest BCUT2D eigenvalue weighted by molar-refractivity contribution is -0.114. The van der Waals surface area contributed by atoms with E-state index >= 15 is 0 Å². The van der Waals surface area contributed by atoms with Gasteiger partial charge in [-0.1, -0.05) is 36.4 Å². The summed E-state index contributed by atoms with van der Waals surface area (Å²) in [6, 6.07) is 22.4. The fourth-order valence-electron chi connectivity index (χ4n) is 4.08. The molecule has 1 N–H and O–H groups in total. The average Bonchev–Trinajstić information content (AvgIpc) is 3.16. The number of para-hydroxylation sites is 1. The maximum atomic E-state index is 13.8. The number of nitrogens with zero attached hydrogens (tertiary/aromatic N) is 3. The zero-order valence-electron chi connectivity index (χ0n) is 21.7. The molecule has 0 aliphatic rings. The molecule has 4 aromatic rings. The topological polar surface area (TPSA) is 120 Å². The molecule has 0 fully saturated rings. The summed E-state index contributed by atoms with van der Waals surface area (Å²) in [5.74, 6) is -1.17. The minimum Gasteiger partial charge on any atom is -0.462 e. The largest absolute Gasteiger partial charge is 0.462 e. The molecule has 202 valence electrons. The zero-order valence-corrected chi connectivity index (χ0v) is 22.5. The first-order valence-electron chi connectivity index (χ1n) is 12.1. The van der Waals surface area contributed by atoms with Crippen LogP contribution in [0.2, 0.25) is 0 Å². The summed E-state index contributed by atoms with van der Waals surface area (Å²) in [6.45, 7) is 2.89. The normalized spacial score (nSPS) is 11.2. The van der Waals surface area contributed by atoms with Crippen molar-refractivity contribution in [1.82, 2.24) is 9.36 Å². The van der Waals surface area contributed by atoms with Crippen LogP contribution in [-0.2, 0) is 26.6 Å². The van der Waals surface area contributed by atoms with Gasteiger partial charge in [-0.15, -0.1) is 0 Å². The number of esters is 1. The van der Waals surface area contributed by atoms with Crippen LogP contribution in [0.15, 0.2) is 94.6 Å². The van der Waals surface area contributed by atoms with Gasteiger partial charge in [-0.05, 0) is 62.4 Å². The zero-order chi connectivity index (χ0) is 28.2. The van der Waals surface area contributed by atoms with Crippen molar-refractivity contribution in [2.24, 2.45) is 7.05 Å². The molecule has 0 atom stereocenters. The van der Waals surface area contributed by atoms with E-state index in [4.69, 9.17) is 4.74 Å². The van der Waals surface area contributed by atoms with Crippen molar-refractivity contribution in [3.05, 3.63) is 107 Å². The van der Waals surface area contributed by atoms with Crippen LogP contribution in [0.5, 0.6) is 0 Å². The first kappa shape index (κ1) is 27.4. The van der Waals surface area contributed by atoms with Crippen LogP contribution >= 0.6 is 0 Å². The number of benzene rings is 3. The van der Waals surface area contributed by atoms with E-state index in [1.807, 2.05) is 0 Å². The van der Waals surface area contributed by atoms with Gasteiger partial charge in [0, 0.05) is 12.7 Å². The quantitative estimate of drug-likeness (QED) is 0.320. The monoisotopic (exact) mass is 548 g/mol. The predicted octanol–water partition coefficient (Wildman–Crippen LogP) is 3.50. The summed E-state index contributed by atoms with van der Waals surface area (Å²) in [6.07, 6.45) is 0. The first-order valence-corrected chi connectivity index (χ1v) is 13.6. The molecule has 11 heteroatoms. The molecule has 0 saturated heterocycles. The van der Waals surface area contributed by atoms with Crippen LogP contribution in [0.25, 0.3) is 5.69 Å². The van der Waals surface area contributed by atoms with E-state index < -0.39 is 34.0 Å². The van der Waals surface area contributed by atoms with Gasteiger partial charge in [0.25, 0.3) is 15.6 Å².